The summed E-state index contributed by atoms with van der Waals surface area (Å²) in [4.78, 5) is 14.1. The van der Waals surface area contributed by atoms with Gasteiger partial charge in [0.25, 0.3) is 0 Å². The van der Waals surface area contributed by atoms with Crippen LogP contribution in [-0.2, 0) is 0 Å². The fraction of sp³-hybridized carbons (Fsp3) is 0. The van der Waals surface area contributed by atoms with E-state index in [1.54, 1.807) is 12.1 Å². The first kappa shape index (κ1) is 10.1. The number of hydrogen-bond acceptors (Lipinski definition) is 4. The molecule has 6 heteroatoms. The number of rotatable bonds is 1. The maximum atomic E-state index is 10.6. The van der Waals surface area contributed by atoms with Crippen molar-refractivity contribution in [1.29, 1.82) is 0 Å². The van der Waals surface area contributed by atoms with E-state index in [0.717, 1.165) is 3.57 Å². The molecule has 0 saturated heterocycles. The maximum absolute atomic E-state index is 10.6. The van der Waals surface area contributed by atoms with Gasteiger partial charge in [0.15, 0.2) is 0 Å². The topological polar surface area (TPSA) is 82.0 Å². The molecule has 0 unspecified atom stereocenters. The molecule has 0 spiro atoms. The summed E-state index contributed by atoms with van der Waals surface area (Å²) in [5.41, 5.74) is 6.39. The smallest absolute Gasteiger partial charge is 0.310 e. The minimum absolute atomic E-state index is 0.149. The van der Waals surface area contributed by atoms with Gasteiger partial charge in [-0.05, 0) is 40.8 Å². The molecule has 1 aromatic heterocycles. The second-order valence-corrected chi connectivity index (χ2v) is 4.22. The Balaban J connectivity index is 2.82. The molecule has 0 aliphatic rings. The predicted molar refractivity (Wildman–Crippen MR) is 65.5 cm³/mol. The van der Waals surface area contributed by atoms with Crippen LogP contribution in [0.5, 0.6) is 0 Å². The van der Waals surface area contributed by atoms with E-state index >= 15 is 0 Å². The van der Waals surface area contributed by atoms with Gasteiger partial charge in [0.2, 0.25) is 0 Å². The number of nitro groups is 1. The molecule has 0 fully saturated rings. The van der Waals surface area contributed by atoms with Crippen molar-refractivity contribution in [3.8, 4) is 0 Å². The highest BCUT2D eigenvalue weighted by Crippen LogP contribution is 2.29. The highest BCUT2D eigenvalue weighted by molar-refractivity contribution is 14.1. The first-order valence-corrected chi connectivity index (χ1v) is 5.15. The van der Waals surface area contributed by atoms with Crippen LogP contribution in [0.4, 0.5) is 11.4 Å². The van der Waals surface area contributed by atoms with Crippen molar-refractivity contribution in [3.05, 3.63) is 38.1 Å². The number of aromatic nitrogens is 1. The summed E-state index contributed by atoms with van der Waals surface area (Å²) in [6.45, 7) is 0. The van der Waals surface area contributed by atoms with Crippen LogP contribution < -0.4 is 5.73 Å². The minimum Gasteiger partial charge on any atom is -0.393 e. The Hall–Kier alpha value is -1.44. The van der Waals surface area contributed by atoms with E-state index < -0.39 is 4.92 Å². The lowest BCUT2D eigenvalue weighted by atomic mass is 10.2. The van der Waals surface area contributed by atoms with E-state index in [-0.39, 0.29) is 11.4 Å². The Labute approximate surface area is 98.6 Å². The third-order valence-electron chi connectivity index (χ3n) is 2.05. The molecule has 2 rings (SSSR count). The maximum Gasteiger partial charge on any atom is 0.310 e. The number of benzene rings is 1. The fourth-order valence-electron chi connectivity index (χ4n) is 1.32. The third kappa shape index (κ3) is 1.72. The normalized spacial score (nSPS) is 10.5. The summed E-state index contributed by atoms with van der Waals surface area (Å²) < 4.78 is 0.967. The first-order chi connectivity index (χ1) is 7.09. The van der Waals surface area contributed by atoms with Crippen LogP contribution >= 0.6 is 22.6 Å². The molecule has 15 heavy (non-hydrogen) atoms. The molecule has 0 aliphatic heterocycles. The summed E-state index contributed by atoms with van der Waals surface area (Å²) in [5.74, 6) is 0. The zero-order valence-corrected chi connectivity index (χ0v) is 9.63. The summed E-state index contributed by atoms with van der Waals surface area (Å²) in [6.07, 6.45) is 1.19. The van der Waals surface area contributed by atoms with Gasteiger partial charge in [0.1, 0.15) is 11.9 Å². The molecule has 0 aliphatic carbocycles. The van der Waals surface area contributed by atoms with Crippen molar-refractivity contribution in [2.45, 2.75) is 0 Å². The molecule has 0 atom stereocenters. The first-order valence-electron chi connectivity index (χ1n) is 4.07. The Morgan fingerprint density at radius 1 is 1.47 bits per heavy atom. The summed E-state index contributed by atoms with van der Waals surface area (Å²) in [5, 5.41) is 11.3. The molecule has 5 nitrogen and oxygen atoms in total. The molecule has 1 heterocycles. The van der Waals surface area contributed by atoms with Gasteiger partial charge in [-0.25, -0.2) is 4.98 Å². The second kappa shape index (κ2) is 3.61. The van der Waals surface area contributed by atoms with Gasteiger partial charge >= 0.3 is 5.69 Å². The van der Waals surface area contributed by atoms with Crippen LogP contribution in [0.1, 0.15) is 0 Å². The lowest BCUT2D eigenvalue weighted by Crippen LogP contribution is -1.98. The number of fused-ring (bicyclic) bond motifs is 1. The van der Waals surface area contributed by atoms with Crippen molar-refractivity contribution in [1.82, 2.24) is 4.98 Å². The molecule has 2 aromatic rings. The number of nitrogens with two attached hydrogens (primary N) is 1. The molecular weight excluding hydrogens is 309 g/mol. The van der Waals surface area contributed by atoms with E-state index in [2.05, 4.69) is 27.6 Å². The van der Waals surface area contributed by atoms with Crippen LogP contribution in [0.3, 0.4) is 0 Å². The van der Waals surface area contributed by atoms with E-state index in [1.807, 2.05) is 6.07 Å². The third-order valence-corrected chi connectivity index (χ3v) is 2.72. The van der Waals surface area contributed by atoms with Crippen molar-refractivity contribution < 1.29 is 4.92 Å². The van der Waals surface area contributed by atoms with Crippen LogP contribution in [0.25, 0.3) is 10.9 Å². The Kier molecular flexibility index (Phi) is 2.43. The Morgan fingerprint density at radius 3 is 2.87 bits per heavy atom. The van der Waals surface area contributed by atoms with Crippen LogP contribution in [0.2, 0.25) is 0 Å². The van der Waals surface area contributed by atoms with E-state index in [4.69, 9.17) is 5.73 Å². The SMILES string of the molecule is Nc1c([N+](=O)[O-])cnc2ccc(I)cc12. The van der Waals surface area contributed by atoms with Crippen molar-refractivity contribution in [3.63, 3.8) is 0 Å². The number of anilines is 1. The predicted octanol–water partition coefficient (Wildman–Crippen LogP) is 2.33. The van der Waals surface area contributed by atoms with E-state index in [9.17, 15) is 10.1 Å². The zero-order valence-electron chi connectivity index (χ0n) is 7.48. The zero-order chi connectivity index (χ0) is 11.0. The molecule has 0 bridgehead atoms. The van der Waals surface area contributed by atoms with Gasteiger partial charge in [-0.15, -0.1) is 0 Å². The highest BCUT2D eigenvalue weighted by atomic mass is 127. The van der Waals surface area contributed by atoms with Gasteiger partial charge in [-0.2, -0.15) is 0 Å². The summed E-state index contributed by atoms with van der Waals surface area (Å²) >= 11 is 2.12. The second-order valence-electron chi connectivity index (χ2n) is 2.98. The number of nitrogens with zero attached hydrogens (tertiary/aromatic N) is 2. The van der Waals surface area contributed by atoms with Gasteiger partial charge in [-0.1, -0.05) is 0 Å². The van der Waals surface area contributed by atoms with E-state index in [1.165, 1.54) is 6.20 Å². The molecule has 0 saturated carbocycles. The highest BCUT2D eigenvalue weighted by Gasteiger charge is 2.14. The molecule has 76 valence electrons. The van der Waals surface area contributed by atoms with Crippen LogP contribution in [-0.4, -0.2) is 9.91 Å². The quantitative estimate of drug-likeness (QED) is 0.497. The largest absolute Gasteiger partial charge is 0.393 e. The van der Waals surface area contributed by atoms with Crippen molar-refractivity contribution in [2.75, 3.05) is 5.73 Å². The number of halogens is 1. The summed E-state index contributed by atoms with van der Waals surface area (Å²) in [6, 6.07) is 5.45. The van der Waals surface area contributed by atoms with Crippen LogP contribution in [0.15, 0.2) is 24.4 Å². The van der Waals surface area contributed by atoms with Crippen molar-refractivity contribution >= 4 is 44.9 Å². The summed E-state index contributed by atoms with van der Waals surface area (Å²) in [7, 11) is 0. The van der Waals surface area contributed by atoms with E-state index in [0.29, 0.717) is 10.9 Å². The number of hydrogen-bond donors (Lipinski definition) is 1. The Bertz CT molecular complexity index is 556. The lowest BCUT2D eigenvalue weighted by molar-refractivity contribution is -0.384. The van der Waals surface area contributed by atoms with Gasteiger partial charge in [0.05, 0.1) is 10.4 Å². The molecule has 1 aromatic carbocycles. The number of nitrogen functional groups attached to an aromatic ring is 1. The molecule has 2 N–H and O–H groups in total. The fourth-order valence-corrected chi connectivity index (χ4v) is 1.81. The number of pyridine rings is 1. The minimum atomic E-state index is -0.526. The van der Waals surface area contributed by atoms with Crippen LogP contribution in [0, 0.1) is 13.7 Å². The average molecular weight is 315 g/mol. The standard InChI is InChI=1S/C9H6IN3O2/c10-5-1-2-7-6(3-5)9(11)8(4-12-7)13(14)15/h1-4H,(H2,11,12). The van der Waals surface area contributed by atoms with Gasteiger partial charge in [0, 0.05) is 8.96 Å². The Morgan fingerprint density at radius 2 is 2.20 bits per heavy atom. The monoisotopic (exact) mass is 315 g/mol. The van der Waals surface area contributed by atoms with Gasteiger partial charge in [-0.3, -0.25) is 10.1 Å². The molecular formula is C9H6IN3O2. The van der Waals surface area contributed by atoms with Gasteiger partial charge < -0.3 is 5.73 Å². The molecule has 0 amide bonds. The molecule has 0 radical (unpaired) electrons. The van der Waals surface area contributed by atoms with Crippen molar-refractivity contribution in [2.24, 2.45) is 0 Å². The lowest BCUT2D eigenvalue weighted by Gasteiger charge is -2.02. The average Bonchev–Trinajstić information content (AvgIpc) is 2.19.